The van der Waals surface area contributed by atoms with Crippen molar-refractivity contribution in [1.82, 2.24) is 5.32 Å². The van der Waals surface area contributed by atoms with Crippen molar-refractivity contribution in [3.63, 3.8) is 0 Å². The van der Waals surface area contributed by atoms with Gasteiger partial charge in [0.15, 0.2) is 24.1 Å². The van der Waals surface area contributed by atoms with Crippen molar-refractivity contribution in [2.75, 3.05) is 26.9 Å². The molecule has 19 nitrogen and oxygen atoms in total. The summed E-state index contributed by atoms with van der Waals surface area (Å²) in [4.78, 5) is 53.6. The summed E-state index contributed by atoms with van der Waals surface area (Å²) in [5.74, 6) is -4.60. The number of aromatic hydroxyl groups is 2. The molecule has 2 fully saturated rings. The van der Waals surface area contributed by atoms with Crippen molar-refractivity contribution in [3.05, 3.63) is 51.6 Å². The van der Waals surface area contributed by atoms with Crippen LogP contribution in [0, 0.1) is 0 Å². The van der Waals surface area contributed by atoms with Crippen LogP contribution in [0.25, 0.3) is 0 Å². The number of rotatable bonds is 14. The summed E-state index contributed by atoms with van der Waals surface area (Å²) in [6.45, 7) is -0.127. The maximum absolute atomic E-state index is 13.9. The van der Waals surface area contributed by atoms with E-state index in [0.717, 1.165) is 0 Å². The van der Waals surface area contributed by atoms with Gasteiger partial charge in [0.25, 0.3) is 0 Å². The predicted molar refractivity (Wildman–Crippen MR) is 194 cm³/mol. The van der Waals surface area contributed by atoms with Gasteiger partial charge in [-0.3, -0.25) is 19.2 Å². The number of unbranched alkanes of at least 4 members (excludes halogenated alkanes) is 2. The van der Waals surface area contributed by atoms with Gasteiger partial charge in [0, 0.05) is 49.0 Å². The van der Waals surface area contributed by atoms with Gasteiger partial charge in [-0.2, -0.15) is 0 Å². The van der Waals surface area contributed by atoms with E-state index in [-0.39, 0.29) is 47.5 Å². The molecule has 2 unspecified atom stereocenters. The van der Waals surface area contributed by atoms with Crippen LogP contribution in [0.3, 0.4) is 0 Å². The summed E-state index contributed by atoms with van der Waals surface area (Å²) in [7, 11) is 1.29. The van der Waals surface area contributed by atoms with Gasteiger partial charge < -0.3 is 75.0 Å². The molecule has 2 aliphatic carbocycles. The van der Waals surface area contributed by atoms with Crippen molar-refractivity contribution in [2.24, 2.45) is 0 Å². The predicted octanol–water partition coefficient (Wildman–Crippen LogP) is -1.46. The van der Waals surface area contributed by atoms with Gasteiger partial charge in [0.05, 0.1) is 48.7 Å². The molecule has 4 aliphatic rings. The van der Waals surface area contributed by atoms with Crippen LogP contribution in [-0.4, -0.2) is 157 Å². The first-order chi connectivity index (χ1) is 27.6. The number of carbonyl (C=O) groups excluding carboxylic acids is 4. The molecule has 6 rings (SSSR count). The van der Waals surface area contributed by atoms with E-state index in [0.29, 0.717) is 19.3 Å². The largest absolute Gasteiger partial charge is 0.507 e. The van der Waals surface area contributed by atoms with E-state index in [1.165, 1.54) is 32.2 Å². The zero-order valence-electron chi connectivity index (χ0n) is 31.8. The number of phenols is 2. The first-order valence-corrected chi connectivity index (χ1v) is 19.0. The second-order valence-corrected chi connectivity index (χ2v) is 15.0. The van der Waals surface area contributed by atoms with E-state index in [1.54, 1.807) is 0 Å². The second-order valence-electron chi connectivity index (χ2n) is 15.0. The molecule has 19 heteroatoms. The van der Waals surface area contributed by atoms with E-state index in [4.69, 9.17) is 23.7 Å². The molecule has 2 heterocycles. The fourth-order valence-electron chi connectivity index (χ4n) is 8.17. The lowest BCUT2D eigenvalue weighted by molar-refractivity contribution is -0.296. The highest BCUT2D eigenvalue weighted by molar-refractivity contribution is 6.31. The average Bonchev–Trinajstić information content (AvgIpc) is 3.19. The molecule has 2 saturated heterocycles. The van der Waals surface area contributed by atoms with Crippen LogP contribution < -0.4 is 10.1 Å². The molecular weight excluding hydrogens is 770 g/mol. The Kier molecular flexibility index (Phi) is 13.2. The third-order valence-corrected chi connectivity index (χ3v) is 11.3. The van der Waals surface area contributed by atoms with E-state index in [1.807, 2.05) is 0 Å². The topological polar surface area (TPSA) is 309 Å². The molecule has 2 aromatic carbocycles. The molecule has 2 aromatic rings. The van der Waals surface area contributed by atoms with Crippen LogP contribution in [0.2, 0.25) is 0 Å². The Balaban J connectivity index is 1.14. The Labute approximate surface area is 331 Å². The fourth-order valence-corrected chi connectivity index (χ4v) is 8.17. The van der Waals surface area contributed by atoms with E-state index in [9.17, 15) is 65.1 Å². The Morgan fingerprint density at radius 3 is 2.34 bits per heavy atom. The molecular formula is C39H49NO18. The number of nitrogens with one attached hydrogen (secondary N) is 1. The zero-order valence-corrected chi connectivity index (χ0v) is 31.8. The number of ether oxygens (including phenoxy) is 5. The number of aliphatic hydroxyl groups is 7. The SMILES string of the molecule is COc1cccc2c1C(=O)c1c(O)c3c(c(O)c1C2=O)C[C@](O)(C(=O)CO)C[C@H]3OC1C[C@@H](NC(=O)CCCCCO[C@H]2C(O)O[C@H](CO)[C@H](O)[C@@H]2O)[C@@H](O)[C@@H](C)O1. The van der Waals surface area contributed by atoms with Gasteiger partial charge >= 0.3 is 0 Å². The lowest BCUT2D eigenvalue weighted by Gasteiger charge is -2.43. The number of fused-ring (bicyclic) bond motifs is 3. The fraction of sp³-hybridized carbons (Fsp3) is 0.590. The van der Waals surface area contributed by atoms with Gasteiger partial charge in [-0.1, -0.05) is 18.6 Å². The van der Waals surface area contributed by atoms with Crippen LogP contribution in [0.1, 0.15) is 94.5 Å². The number of amides is 1. The first-order valence-electron chi connectivity index (χ1n) is 19.0. The highest BCUT2D eigenvalue weighted by atomic mass is 16.7. The number of hydrogen-bond donors (Lipinski definition) is 10. The number of methoxy groups -OCH3 is 1. The number of benzene rings is 2. The molecule has 58 heavy (non-hydrogen) atoms. The van der Waals surface area contributed by atoms with Crippen molar-refractivity contribution in [1.29, 1.82) is 0 Å². The Morgan fingerprint density at radius 1 is 0.931 bits per heavy atom. The number of hydrogen-bond acceptors (Lipinski definition) is 18. The third-order valence-electron chi connectivity index (χ3n) is 11.3. The van der Waals surface area contributed by atoms with Crippen LogP contribution >= 0.6 is 0 Å². The van der Waals surface area contributed by atoms with Crippen LogP contribution in [0.4, 0.5) is 0 Å². The van der Waals surface area contributed by atoms with Crippen molar-refractivity contribution in [2.45, 2.75) is 119 Å². The van der Waals surface area contributed by atoms with Crippen molar-refractivity contribution in [3.8, 4) is 17.2 Å². The van der Waals surface area contributed by atoms with E-state index in [2.05, 4.69) is 5.32 Å². The van der Waals surface area contributed by atoms with Crippen molar-refractivity contribution >= 4 is 23.3 Å². The molecule has 0 spiro atoms. The minimum Gasteiger partial charge on any atom is -0.507 e. The monoisotopic (exact) mass is 819 g/mol. The number of carbonyl (C=O) groups is 4. The van der Waals surface area contributed by atoms with Crippen LogP contribution in [0.5, 0.6) is 17.2 Å². The summed E-state index contributed by atoms with van der Waals surface area (Å²) >= 11 is 0. The van der Waals surface area contributed by atoms with Crippen molar-refractivity contribution < 1.29 is 88.8 Å². The van der Waals surface area contributed by atoms with Gasteiger partial charge in [-0.25, -0.2) is 0 Å². The number of Topliss-reactive ketones (excluding diaryl/α,β-unsaturated/α-hetero) is 1. The molecule has 10 N–H and O–H groups in total. The maximum atomic E-state index is 13.9. The molecule has 11 atom stereocenters. The number of phenolic OH excluding ortho intramolecular Hbond substituents is 2. The second kappa shape index (κ2) is 17.6. The highest BCUT2D eigenvalue weighted by Gasteiger charge is 2.50. The van der Waals surface area contributed by atoms with Gasteiger partial charge in [-0.05, 0) is 25.8 Å². The summed E-state index contributed by atoms with van der Waals surface area (Å²) in [6, 6.07) is 3.35. The first kappa shape index (κ1) is 43.5. The van der Waals surface area contributed by atoms with Crippen LogP contribution in [0.15, 0.2) is 18.2 Å². The molecule has 0 aromatic heterocycles. The van der Waals surface area contributed by atoms with Gasteiger partial charge in [0.1, 0.15) is 60.0 Å². The average molecular weight is 820 g/mol. The molecule has 0 radical (unpaired) electrons. The molecule has 1 amide bonds. The Hall–Kier alpha value is -4.12. The molecule has 318 valence electrons. The summed E-state index contributed by atoms with van der Waals surface area (Å²) in [5.41, 5.74) is -4.16. The zero-order chi connectivity index (χ0) is 42.2. The quantitative estimate of drug-likeness (QED) is 0.0656. The number of aliphatic hydroxyl groups excluding tert-OH is 6. The Bertz CT molecular complexity index is 1900. The summed E-state index contributed by atoms with van der Waals surface area (Å²) in [5, 5.41) is 97.8. The summed E-state index contributed by atoms with van der Waals surface area (Å²) in [6.07, 6.45) is -11.9. The highest BCUT2D eigenvalue weighted by Crippen LogP contribution is 2.52. The molecule has 2 aliphatic heterocycles. The van der Waals surface area contributed by atoms with E-state index >= 15 is 0 Å². The molecule has 0 saturated carbocycles. The maximum Gasteiger partial charge on any atom is 0.220 e. The lowest BCUT2D eigenvalue weighted by atomic mass is 9.72. The summed E-state index contributed by atoms with van der Waals surface area (Å²) < 4.78 is 28.0. The minimum atomic E-state index is -2.36. The third kappa shape index (κ3) is 8.09. The Morgan fingerprint density at radius 2 is 1.66 bits per heavy atom. The molecule has 0 bridgehead atoms. The minimum absolute atomic E-state index is 0.0316. The van der Waals surface area contributed by atoms with E-state index < -0.39 is 139 Å². The van der Waals surface area contributed by atoms with Crippen LogP contribution in [-0.2, 0) is 35.0 Å². The van der Waals surface area contributed by atoms with Gasteiger partial charge in [-0.15, -0.1) is 0 Å². The number of ketones is 3. The van der Waals surface area contributed by atoms with Gasteiger partial charge in [0.2, 0.25) is 11.7 Å². The standard InChI is InChI=1S/C39H49NO18/c1-16-30(45)19(40-24(44)9-4-3-5-10-55-37-36(51)33(48)22(14-41)58-38(37)52)11-25(56-16)57-21-13-39(53,23(43)15-42)12-18-27(21)35(50)29-28(32(18)47)31(46)17-7-6-8-20(54-2)26(17)34(29)49/h6-8,16,19,21-22,25,30,33,36-38,41-42,45,47-48,50-53H,3-5,9-15H2,1-2H3,(H,40,44)/t16-,19-,21-,22-,25?,30+,33+,36+,37-,38?,39-/m1/s1. The lowest BCUT2D eigenvalue weighted by Crippen LogP contribution is -2.59. The smallest absolute Gasteiger partial charge is 0.220 e. The normalized spacial score (nSPS) is 31.9.